The Morgan fingerprint density at radius 1 is 1.19 bits per heavy atom. The molecule has 0 saturated heterocycles. The van der Waals surface area contributed by atoms with E-state index in [0.717, 1.165) is 36.8 Å². The van der Waals surface area contributed by atoms with Gasteiger partial charge in [0.15, 0.2) is 0 Å². The van der Waals surface area contributed by atoms with E-state index in [1.165, 1.54) is 6.42 Å². The Labute approximate surface area is 128 Å². The van der Waals surface area contributed by atoms with Crippen molar-refractivity contribution in [3.05, 3.63) is 35.4 Å². The predicted molar refractivity (Wildman–Crippen MR) is 86.1 cm³/mol. The summed E-state index contributed by atoms with van der Waals surface area (Å²) >= 11 is 0. The molecule has 21 heavy (non-hydrogen) atoms. The van der Waals surface area contributed by atoms with Gasteiger partial charge in [-0.3, -0.25) is 0 Å². The first-order chi connectivity index (χ1) is 10.1. The highest BCUT2D eigenvalue weighted by molar-refractivity contribution is 7.88. The molecule has 1 aromatic carbocycles. The average Bonchev–Trinajstić information content (AvgIpc) is 2.47. The van der Waals surface area contributed by atoms with Gasteiger partial charge in [0.1, 0.15) is 0 Å². The Balaban J connectivity index is 2.07. The lowest BCUT2D eigenvalue weighted by molar-refractivity contribution is 0.282. The van der Waals surface area contributed by atoms with Gasteiger partial charge in [0.25, 0.3) is 0 Å². The normalized spacial score (nSPS) is 23.1. The summed E-state index contributed by atoms with van der Waals surface area (Å²) in [5, 5.41) is 0. The van der Waals surface area contributed by atoms with E-state index >= 15 is 0 Å². The lowest BCUT2D eigenvalue weighted by atomic mass is 9.83. The number of benzene rings is 1. The molecule has 0 aromatic heterocycles. The van der Waals surface area contributed by atoms with E-state index in [1.54, 1.807) is 0 Å². The molecule has 2 unspecified atom stereocenters. The Bertz CT molecular complexity index is 557. The zero-order chi connectivity index (χ0) is 15.3. The van der Waals surface area contributed by atoms with E-state index in [0.29, 0.717) is 12.5 Å². The van der Waals surface area contributed by atoms with Crippen LogP contribution in [0.5, 0.6) is 0 Å². The van der Waals surface area contributed by atoms with Crippen LogP contribution in [0.2, 0.25) is 0 Å². The van der Waals surface area contributed by atoms with Crippen LogP contribution in [-0.4, -0.2) is 14.5 Å². The zero-order valence-corrected chi connectivity index (χ0v) is 13.5. The highest BCUT2D eigenvalue weighted by atomic mass is 32.2. The minimum Gasteiger partial charge on any atom is -0.326 e. The number of nitrogens with one attached hydrogen (secondary N) is 1. The van der Waals surface area contributed by atoms with Gasteiger partial charge in [-0.2, -0.15) is 0 Å². The first-order valence-electron chi connectivity index (χ1n) is 7.82. The molecular formula is C16H26N2O2S. The van der Waals surface area contributed by atoms with E-state index in [9.17, 15) is 8.42 Å². The third kappa shape index (κ3) is 4.53. The first-order valence-corrected chi connectivity index (χ1v) is 9.47. The fraction of sp³-hybridized carbons (Fsp3) is 0.625. The van der Waals surface area contributed by atoms with Crippen LogP contribution in [0, 0.1) is 5.92 Å². The molecular weight excluding hydrogens is 284 g/mol. The summed E-state index contributed by atoms with van der Waals surface area (Å²) in [5.41, 5.74) is 7.39. The third-order valence-corrected chi connectivity index (χ3v) is 5.80. The Kier molecular flexibility index (Phi) is 5.79. The number of rotatable bonds is 6. The van der Waals surface area contributed by atoms with Crippen LogP contribution < -0.4 is 10.5 Å². The maximum absolute atomic E-state index is 12.4. The lowest BCUT2D eigenvalue weighted by Gasteiger charge is -2.31. The second-order valence-electron chi connectivity index (χ2n) is 5.91. The summed E-state index contributed by atoms with van der Waals surface area (Å²) in [5.74, 6) is 0.492. The van der Waals surface area contributed by atoms with Crippen molar-refractivity contribution in [3.8, 4) is 0 Å². The Morgan fingerprint density at radius 2 is 1.86 bits per heavy atom. The van der Waals surface area contributed by atoms with Gasteiger partial charge >= 0.3 is 0 Å². The van der Waals surface area contributed by atoms with Gasteiger partial charge in [0.05, 0.1) is 5.75 Å². The molecule has 1 aliphatic carbocycles. The van der Waals surface area contributed by atoms with Crippen molar-refractivity contribution in [2.24, 2.45) is 11.7 Å². The summed E-state index contributed by atoms with van der Waals surface area (Å²) in [7, 11) is -3.32. The minimum atomic E-state index is -3.32. The number of hydrogen-bond acceptors (Lipinski definition) is 3. The number of nitrogens with two attached hydrogens (primary N) is 1. The molecule has 1 fully saturated rings. The molecule has 2 rings (SSSR count). The van der Waals surface area contributed by atoms with E-state index in [2.05, 4.69) is 11.6 Å². The van der Waals surface area contributed by atoms with Crippen molar-refractivity contribution < 1.29 is 8.42 Å². The van der Waals surface area contributed by atoms with Crippen LogP contribution in [0.3, 0.4) is 0 Å². The number of sulfonamides is 1. The van der Waals surface area contributed by atoms with Gasteiger partial charge < -0.3 is 5.73 Å². The molecule has 0 radical (unpaired) electrons. The largest absolute Gasteiger partial charge is 0.326 e. The Morgan fingerprint density at radius 3 is 2.52 bits per heavy atom. The van der Waals surface area contributed by atoms with Gasteiger partial charge in [-0.25, -0.2) is 13.1 Å². The fourth-order valence-electron chi connectivity index (χ4n) is 3.23. The maximum Gasteiger partial charge on any atom is 0.216 e. The molecule has 3 N–H and O–H groups in total. The van der Waals surface area contributed by atoms with Crippen molar-refractivity contribution in [3.63, 3.8) is 0 Å². The van der Waals surface area contributed by atoms with Gasteiger partial charge in [-0.05, 0) is 29.9 Å². The van der Waals surface area contributed by atoms with Crippen LogP contribution in [0.15, 0.2) is 24.3 Å². The van der Waals surface area contributed by atoms with Crippen molar-refractivity contribution in [2.75, 3.05) is 0 Å². The Hall–Kier alpha value is -0.910. The van der Waals surface area contributed by atoms with Crippen molar-refractivity contribution in [2.45, 2.75) is 57.4 Å². The molecule has 0 spiro atoms. The van der Waals surface area contributed by atoms with Gasteiger partial charge in [0.2, 0.25) is 10.0 Å². The van der Waals surface area contributed by atoms with Crippen LogP contribution in [0.1, 0.15) is 50.2 Å². The quantitative estimate of drug-likeness (QED) is 0.848. The highest BCUT2D eigenvalue weighted by Crippen LogP contribution is 2.27. The van der Waals surface area contributed by atoms with Crippen molar-refractivity contribution in [1.82, 2.24) is 4.72 Å². The minimum absolute atomic E-state index is 0.0211. The first kappa shape index (κ1) is 16.5. The standard InChI is InChI=1S/C16H26N2O2S/c1-2-13-7-5-6-10-16(13)18-21(19,20)12-15-9-4-3-8-14(15)11-17/h3-4,8-9,13,16,18H,2,5-7,10-12,17H2,1H3. The molecule has 0 heterocycles. The molecule has 1 aliphatic rings. The smallest absolute Gasteiger partial charge is 0.216 e. The van der Waals surface area contributed by atoms with Gasteiger partial charge in [-0.15, -0.1) is 0 Å². The molecule has 0 amide bonds. The summed E-state index contributed by atoms with van der Waals surface area (Å²) < 4.78 is 27.8. The second-order valence-corrected chi connectivity index (χ2v) is 7.66. The van der Waals surface area contributed by atoms with Gasteiger partial charge in [0, 0.05) is 12.6 Å². The second kappa shape index (κ2) is 7.38. The topological polar surface area (TPSA) is 72.2 Å². The summed E-state index contributed by atoms with van der Waals surface area (Å²) in [6, 6.07) is 7.58. The fourth-order valence-corrected chi connectivity index (χ4v) is 4.77. The van der Waals surface area contributed by atoms with E-state index < -0.39 is 10.0 Å². The highest BCUT2D eigenvalue weighted by Gasteiger charge is 2.27. The zero-order valence-electron chi connectivity index (χ0n) is 12.7. The van der Waals surface area contributed by atoms with Crippen molar-refractivity contribution in [1.29, 1.82) is 0 Å². The summed E-state index contributed by atoms with van der Waals surface area (Å²) in [4.78, 5) is 0. The van der Waals surface area contributed by atoms with Crippen LogP contribution in [0.25, 0.3) is 0 Å². The SMILES string of the molecule is CCC1CCCCC1NS(=O)(=O)Cc1ccccc1CN. The number of hydrogen-bond donors (Lipinski definition) is 2. The monoisotopic (exact) mass is 310 g/mol. The third-order valence-electron chi connectivity index (χ3n) is 4.45. The summed E-state index contributed by atoms with van der Waals surface area (Å²) in [6.45, 7) is 2.51. The molecule has 4 nitrogen and oxygen atoms in total. The van der Waals surface area contributed by atoms with Crippen LogP contribution in [-0.2, 0) is 22.3 Å². The van der Waals surface area contributed by atoms with Crippen molar-refractivity contribution >= 4 is 10.0 Å². The van der Waals surface area contributed by atoms with E-state index in [-0.39, 0.29) is 11.8 Å². The maximum atomic E-state index is 12.4. The van der Waals surface area contributed by atoms with Crippen LogP contribution in [0.4, 0.5) is 0 Å². The predicted octanol–water partition coefficient (Wildman–Crippen LogP) is 2.53. The molecule has 1 aromatic rings. The van der Waals surface area contributed by atoms with E-state index in [1.807, 2.05) is 24.3 Å². The molecule has 0 bridgehead atoms. The average molecular weight is 310 g/mol. The molecule has 5 heteroatoms. The lowest BCUT2D eigenvalue weighted by Crippen LogP contribution is -2.42. The van der Waals surface area contributed by atoms with E-state index in [4.69, 9.17) is 5.73 Å². The van der Waals surface area contributed by atoms with Gasteiger partial charge in [-0.1, -0.05) is 50.5 Å². The summed E-state index contributed by atoms with van der Waals surface area (Å²) in [6.07, 6.45) is 5.45. The molecule has 0 aliphatic heterocycles. The molecule has 1 saturated carbocycles. The molecule has 118 valence electrons. The van der Waals surface area contributed by atoms with Crippen LogP contribution >= 0.6 is 0 Å². The molecule has 2 atom stereocenters.